The van der Waals surface area contributed by atoms with Crippen LogP contribution in [0.15, 0.2) is 15.6 Å². The van der Waals surface area contributed by atoms with Gasteiger partial charge >= 0.3 is 0 Å². The molecule has 0 aliphatic carbocycles. The molecule has 0 radical (unpaired) electrons. The van der Waals surface area contributed by atoms with E-state index in [4.69, 9.17) is 28.3 Å². The molecule has 0 aromatic carbocycles. The predicted octanol–water partition coefficient (Wildman–Crippen LogP) is 1.31. The van der Waals surface area contributed by atoms with E-state index in [1.165, 1.54) is 0 Å². The Morgan fingerprint density at radius 2 is 2.08 bits per heavy atom. The summed E-state index contributed by atoms with van der Waals surface area (Å²) in [7, 11) is -3.78. The summed E-state index contributed by atoms with van der Waals surface area (Å²) in [6.45, 7) is 0. The van der Waals surface area contributed by atoms with Crippen LogP contribution in [0, 0.1) is 0 Å². The number of halogens is 2. The van der Waals surface area contributed by atoms with Crippen molar-refractivity contribution in [2.45, 2.75) is 5.09 Å². The first kappa shape index (κ1) is 9.85. The SMILES string of the molecule is O=S(=O)(CO)c1cc(Cl)c(Cl)o1. The number of rotatable bonds is 2. The van der Waals surface area contributed by atoms with Gasteiger partial charge in [0.2, 0.25) is 20.1 Å². The van der Waals surface area contributed by atoms with Crippen LogP contribution >= 0.6 is 23.2 Å². The molecule has 0 aliphatic heterocycles. The third kappa shape index (κ3) is 1.74. The van der Waals surface area contributed by atoms with E-state index >= 15 is 0 Å². The summed E-state index contributed by atoms with van der Waals surface area (Å²) in [5.41, 5.74) is 0. The summed E-state index contributed by atoms with van der Waals surface area (Å²) in [6, 6.07) is 1.04. The quantitative estimate of drug-likeness (QED) is 0.833. The fourth-order valence-electron chi connectivity index (χ4n) is 0.544. The molecule has 0 saturated heterocycles. The standard InChI is InChI=1S/C5H4Cl2O4S/c6-3-1-4(11-5(3)7)12(9,10)2-8/h1,8H,2H2. The molecule has 4 nitrogen and oxygen atoms in total. The number of aliphatic hydroxyl groups is 1. The lowest BCUT2D eigenvalue weighted by atomic mass is 10.7. The molecule has 68 valence electrons. The summed E-state index contributed by atoms with van der Waals surface area (Å²) in [5, 5.41) is 7.78. The second kappa shape index (κ2) is 3.26. The molecular formula is C5H4Cl2O4S. The Hall–Kier alpha value is -0.230. The maximum atomic E-state index is 10.9. The van der Waals surface area contributed by atoms with Gasteiger partial charge in [-0.25, -0.2) is 8.42 Å². The smallest absolute Gasteiger partial charge is 0.235 e. The minimum Gasteiger partial charge on any atom is -0.432 e. The molecule has 1 aromatic rings. The fourth-order valence-corrected chi connectivity index (χ4v) is 1.56. The Kier molecular flexibility index (Phi) is 2.67. The van der Waals surface area contributed by atoms with Crippen LogP contribution in [-0.4, -0.2) is 19.5 Å². The van der Waals surface area contributed by atoms with Crippen LogP contribution < -0.4 is 0 Å². The second-order valence-corrected chi connectivity index (χ2v) is 4.57. The molecule has 1 N–H and O–H groups in total. The van der Waals surface area contributed by atoms with Crippen LogP contribution in [-0.2, 0) is 9.84 Å². The molecular weight excluding hydrogens is 227 g/mol. The highest BCUT2D eigenvalue weighted by atomic mass is 35.5. The zero-order chi connectivity index (χ0) is 9.35. The Labute approximate surface area is 78.6 Å². The van der Waals surface area contributed by atoms with Crippen molar-refractivity contribution in [1.82, 2.24) is 0 Å². The van der Waals surface area contributed by atoms with Crippen LogP contribution in [0.1, 0.15) is 0 Å². The van der Waals surface area contributed by atoms with Crippen molar-refractivity contribution in [3.8, 4) is 0 Å². The van der Waals surface area contributed by atoms with Crippen molar-refractivity contribution in [3.63, 3.8) is 0 Å². The molecule has 0 atom stereocenters. The molecule has 0 amide bonds. The molecule has 0 aliphatic rings. The van der Waals surface area contributed by atoms with Crippen molar-refractivity contribution < 1.29 is 17.9 Å². The molecule has 0 spiro atoms. The highest BCUT2D eigenvalue weighted by Crippen LogP contribution is 2.28. The lowest BCUT2D eigenvalue weighted by Crippen LogP contribution is -2.03. The molecule has 1 aromatic heterocycles. The summed E-state index contributed by atoms with van der Waals surface area (Å²) >= 11 is 10.8. The highest BCUT2D eigenvalue weighted by molar-refractivity contribution is 7.91. The Bertz CT molecular complexity index is 361. The van der Waals surface area contributed by atoms with Crippen molar-refractivity contribution in [3.05, 3.63) is 16.3 Å². The van der Waals surface area contributed by atoms with Crippen LogP contribution in [0.5, 0.6) is 0 Å². The lowest BCUT2D eigenvalue weighted by molar-refractivity contribution is 0.350. The lowest BCUT2D eigenvalue weighted by Gasteiger charge is -1.91. The fraction of sp³-hybridized carbons (Fsp3) is 0.200. The number of hydrogen-bond acceptors (Lipinski definition) is 4. The zero-order valence-electron chi connectivity index (χ0n) is 5.62. The number of sulfone groups is 1. The third-order valence-corrected chi connectivity index (χ3v) is 2.91. The molecule has 1 rings (SSSR count). The van der Waals surface area contributed by atoms with E-state index in [1.807, 2.05) is 0 Å². The summed E-state index contributed by atoms with van der Waals surface area (Å²) in [6.07, 6.45) is 0. The molecule has 12 heavy (non-hydrogen) atoms. The summed E-state index contributed by atoms with van der Waals surface area (Å²) < 4.78 is 26.4. The number of hydrogen-bond donors (Lipinski definition) is 1. The largest absolute Gasteiger partial charge is 0.432 e. The minimum atomic E-state index is -3.78. The van der Waals surface area contributed by atoms with Crippen molar-refractivity contribution in [1.29, 1.82) is 0 Å². The van der Waals surface area contributed by atoms with Crippen molar-refractivity contribution >= 4 is 33.0 Å². The van der Waals surface area contributed by atoms with E-state index < -0.39 is 20.9 Å². The summed E-state index contributed by atoms with van der Waals surface area (Å²) in [5.74, 6) is -1.03. The molecule has 7 heteroatoms. The Morgan fingerprint density at radius 3 is 2.42 bits per heavy atom. The van der Waals surface area contributed by atoms with E-state index in [2.05, 4.69) is 4.42 Å². The maximum Gasteiger partial charge on any atom is 0.235 e. The monoisotopic (exact) mass is 230 g/mol. The zero-order valence-corrected chi connectivity index (χ0v) is 7.95. The van der Waals surface area contributed by atoms with Gasteiger partial charge in [0.1, 0.15) is 0 Å². The van der Waals surface area contributed by atoms with Gasteiger partial charge < -0.3 is 9.52 Å². The van der Waals surface area contributed by atoms with Crippen LogP contribution in [0.2, 0.25) is 10.2 Å². The van der Waals surface area contributed by atoms with Crippen molar-refractivity contribution in [2.75, 3.05) is 5.94 Å². The molecule has 0 unspecified atom stereocenters. The van der Waals surface area contributed by atoms with E-state index in [0.29, 0.717) is 0 Å². The predicted molar refractivity (Wildman–Crippen MR) is 43.0 cm³/mol. The number of aliphatic hydroxyl groups excluding tert-OH is 1. The van der Waals surface area contributed by atoms with Gasteiger partial charge in [0.05, 0.1) is 5.02 Å². The summed E-state index contributed by atoms with van der Waals surface area (Å²) in [4.78, 5) is 0. The highest BCUT2D eigenvalue weighted by Gasteiger charge is 2.19. The first-order valence-electron chi connectivity index (χ1n) is 2.76. The Balaban J connectivity index is 3.22. The van der Waals surface area contributed by atoms with Gasteiger partial charge in [-0.1, -0.05) is 11.6 Å². The minimum absolute atomic E-state index is 0.00342. The van der Waals surface area contributed by atoms with Crippen LogP contribution in [0.25, 0.3) is 0 Å². The van der Waals surface area contributed by atoms with E-state index in [9.17, 15) is 8.42 Å². The topological polar surface area (TPSA) is 67.5 Å². The normalized spacial score (nSPS) is 11.9. The first-order valence-corrected chi connectivity index (χ1v) is 5.16. The van der Waals surface area contributed by atoms with Crippen molar-refractivity contribution in [2.24, 2.45) is 0 Å². The third-order valence-electron chi connectivity index (χ3n) is 1.10. The van der Waals surface area contributed by atoms with Gasteiger partial charge in [-0.15, -0.1) is 0 Å². The molecule has 0 bridgehead atoms. The molecule has 0 saturated carbocycles. The van der Waals surface area contributed by atoms with E-state index in [0.717, 1.165) is 6.07 Å². The second-order valence-electron chi connectivity index (χ2n) is 1.93. The average Bonchev–Trinajstić information content (AvgIpc) is 2.33. The van der Waals surface area contributed by atoms with E-state index in [-0.39, 0.29) is 10.2 Å². The van der Waals surface area contributed by atoms with Gasteiger partial charge in [0, 0.05) is 6.07 Å². The van der Waals surface area contributed by atoms with Crippen LogP contribution in [0.3, 0.4) is 0 Å². The Morgan fingerprint density at radius 1 is 1.50 bits per heavy atom. The first-order chi connectivity index (χ1) is 5.47. The number of furan rings is 1. The van der Waals surface area contributed by atoms with Gasteiger partial charge in [-0.05, 0) is 11.6 Å². The van der Waals surface area contributed by atoms with Gasteiger partial charge in [0.15, 0.2) is 5.94 Å². The molecule has 0 fully saturated rings. The van der Waals surface area contributed by atoms with Crippen LogP contribution in [0.4, 0.5) is 0 Å². The van der Waals surface area contributed by atoms with Gasteiger partial charge in [-0.3, -0.25) is 0 Å². The van der Waals surface area contributed by atoms with Gasteiger partial charge in [0.25, 0.3) is 0 Å². The maximum absolute atomic E-state index is 10.9. The average molecular weight is 231 g/mol. The van der Waals surface area contributed by atoms with Gasteiger partial charge in [-0.2, -0.15) is 0 Å². The van der Waals surface area contributed by atoms with E-state index in [1.54, 1.807) is 0 Å². The molecule has 1 heterocycles.